The van der Waals surface area contributed by atoms with Crippen LogP contribution >= 0.6 is 11.6 Å². The first-order valence-electron chi connectivity index (χ1n) is 5.42. The normalized spacial score (nSPS) is 13.9. The van der Waals surface area contributed by atoms with Gasteiger partial charge in [0.25, 0.3) is 10.0 Å². The first-order valence-corrected chi connectivity index (χ1v) is 7.44. The van der Waals surface area contributed by atoms with Crippen molar-refractivity contribution in [2.75, 3.05) is 12.4 Å². The van der Waals surface area contributed by atoms with E-state index in [1.807, 2.05) is 6.92 Å². The lowest BCUT2D eigenvalue weighted by molar-refractivity contribution is 0.528. The summed E-state index contributed by atoms with van der Waals surface area (Å²) >= 11 is 5.59. The van der Waals surface area contributed by atoms with Crippen molar-refractivity contribution >= 4 is 21.6 Å². The minimum Gasteiger partial charge on any atom is -0.337 e. The molecule has 0 aromatic carbocycles. The third-order valence-corrected chi connectivity index (χ3v) is 4.10. The molecule has 0 aliphatic carbocycles. The summed E-state index contributed by atoms with van der Waals surface area (Å²) < 4.78 is 28.0. The van der Waals surface area contributed by atoms with Gasteiger partial charge >= 0.3 is 0 Å². The monoisotopic (exact) mass is 279 g/mol. The fourth-order valence-corrected chi connectivity index (χ4v) is 2.84. The van der Waals surface area contributed by atoms with Crippen molar-refractivity contribution in [3.8, 4) is 0 Å². The second-order valence-electron chi connectivity index (χ2n) is 4.17. The smallest absolute Gasteiger partial charge is 0.259 e. The van der Waals surface area contributed by atoms with E-state index in [4.69, 9.17) is 11.6 Å². The van der Waals surface area contributed by atoms with Crippen LogP contribution in [-0.4, -0.2) is 30.4 Å². The number of halogens is 1. The highest BCUT2D eigenvalue weighted by atomic mass is 35.5. The van der Waals surface area contributed by atoms with Crippen molar-refractivity contribution in [3.05, 3.63) is 12.0 Å². The van der Waals surface area contributed by atoms with Crippen molar-refractivity contribution in [1.29, 1.82) is 0 Å². The molecule has 0 fully saturated rings. The van der Waals surface area contributed by atoms with Gasteiger partial charge in [-0.1, -0.05) is 6.92 Å². The van der Waals surface area contributed by atoms with E-state index in [1.54, 1.807) is 18.5 Å². The molecule has 0 bridgehead atoms. The van der Waals surface area contributed by atoms with Gasteiger partial charge in [0, 0.05) is 25.7 Å². The highest BCUT2D eigenvalue weighted by Crippen LogP contribution is 2.09. The van der Waals surface area contributed by atoms with Gasteiger partial charge in [0.15, 0.2) is 5.03 Å². The quantitative estimate of drug-likeness (QED) is 0.798. The molecule has 0 amide bonds. The number of aryl methyl sites for hydroxylation is 2. The van der Waals surface area contributed by atoms with Gasteiger partial charge in [0.2, 0.25) is 0 Å². The molecule has 1 aromatic rings. The van der Waals surface area contributed by atoms with Crippen LogP contribution in [-0.2, 0) is 17.1 Å². The Labute approximate surface area is 107 Å². The number of nitrogens with zero attached hydrogens (tertiary/aromatic N) is 2. The van der Waals surface area contributed by atoms with Crippen molar-refractivity contribution in [1.82, 2.24) is 14.3 Å². The molecule has 17 heavy (non-hydrogen) atoms. The van der Waals surface area contributed by atoms with Gasteiger partial charge in [-0.2, -0.15) is 0 Å². The predicted octanol–water partition coefficient (Wildman–Crippen LogP) is 1.27. The van der Waals surface area contributed by atoms with Crippen molar-refractivity contribution < 1.29 is 8.42 Å². The maximum absolute atomic E-state index is 11.9. The zero-order chi connectivity index (χ0) is 13.1. The Hall–Kier alpha value is -0.590. The summed E-state index contributed by atoms with van der Waals surface area (Å²) in [6, 6.07) is 0. The van der Waals surface area contributed by atoms with Crippen LogP contribution in [0.25, 0.3) is 0 Å². The maximum Gasteiger partial charge on any atom is 0.259 e. The number of aromatic nitrogens is 2. The SMILES string of the molecule is Cc1nc(S(=O)(=O)NCC(C)CCCl)cn1C. The van der Waals surface area contributed by atoms with Gasteiger partial charge in [0.05, 0.1) is 0 Å². The van der Waals surface area contributed by atoms with Gasteiger partial charge in [0.1, 0.15) is 5.82 Å². The molecule has 0 saturated heterocycles. The third kappa shape index (κ3) is 3.97. The van der Waals surface area contributed by atoms with Crippen molar-refractivity contribution in [3.63, 3.8) is 0 Å². The van der Waals surface area contributed by atoms with E-state index in [1.165, 1.54) is 6.20 Å². The minimum atomic E-state index is -3.50. The average Bonchev–Trinajstić information content (AvgIpc) is 2.58. The van der Waals surface area contributed by atoms with E-state index in [-0.39, 0.29) is 10.9 Å². The molecule has 5 nitrogen and oxygen atoms in total. The van der Waals surface area contributed by atoms with E-state index >= 15 is 0 Å². The number of nitrogens with one attached hydrogen (secondary N) is 1. The molecule has 0 aliphatic heterocycles. The Morgan fingerprint density at radius 2 is 2.24 bits per heavy atom. The van der Waals surface area contributed by atoms with E-state index in [0.29, 0.717) is 18.2 Å². The first kappa shape index (κ1) is 14.5. The van der Waals surface area contributed by atoms with E-state index < -0.39 is 10.0 Å². The summed E-state index contributed by atoms with van der Waals surface area (Å²) in [5, 5.41) is 0.0653. The van der Waals surface area contributed by atoms with Crippen molar-refractivity contribution in [2.24, 2.45) is 13.0 Å². The molecule has 1 rings (SSSR count). The predicted molar refractivity (Wildman–Crippen MR) is 67.6 cm³/mol. The van der Waals surface area contributed by atoms with E-state index in [0.717, 1.165) is 6.42 Å². The van der Waals surface area contributed by atoms with Gasteiger partial charge in [-0.15, -0.1) is 11.6 Å². The molecule has 1 unspecified atom stereocenters. The number of hydrogen-bond acceptors (Lipinski definition) is 3. The average molecular weight is 280 g/mol. The molecule has 0 aliphatic rings. The molecule has 1 N–H and O–H groups in total. The van der Waals surface area contributed by atoms with Crippen LogP contribution in [0.4, 0.5) is 0 Å². The second-order valence-corrected chi connectivity index (χ2v) is 6.26. The molecule has 0 spiro atoms. The Bertz CT molecular complexity index is 450. The largest absolute Gasteiger partial charge is 0.337 e. The topological polar surface area (TPSA) is 64.0 Å². The lowest BCUT2D eigenvalue weighted by atomic mass is 10.1. The first-order chi connectivity index (χ1) is 7.86. The molecule has 0 radical (unpaired) electrons. The molecule has 7 heteroatoms. The summed E-state index contributed by atoms with van der Waals surface area (Å²) in [7, 11) is -1.74. The van der Waals surface area contributed by atoms with Crippen molar-refractivity contribution in [2.45, 2.75) is 25.3 Å². The van der Waals surface area contributed by atoms with Crippen LogP contribution in [0.1, 0.15) is 19.2 Å². The standard InChI is InChI=1S/C10H18ClN3O2S/c1-8(4-5-11)6-12-17(15,16)10-7-14(3)9(2)13-10/h7-8,12H,4-6H2,1-3H3. The van der Waals surface area contributed by atoms with Crippen LogP contribution in [0.3, 0.4) is 0 Å². The van der Waals surface area contributed by atoms with Crippen LogP contribution in [0.5, 0.6) is 0 Å². The van der Waals surface area contributed by atoms with Gasteiger partial charge in [-0.05, 0) is 19.3 Å². The van der Waals surface area contributed by atoms with Gasteiger partial charge < -0.3 is 4.57 Å². The Morgan fingerprint density at radius 3 is 2.71 bits per heavy atom. The summed E-state index contributed by atoms with van der Waals surface area (Å²) in [5.41, 5.74) is 0. The minimum absolute atomic E-state index is 0.0653. The van der Waals surface area contributed by atoms with Crippen LogP contribution < -0.4 is 4.72 Å². The lowest BCUT2D eigenvalue weighted by Crippen LogP contribution is -2.28. The summed E-state index contributed by atoms with van der Waals surface area (Å²) in [6.45, 7) is 4.09. The molecular weight excluding hydrogens is 262 g/mol. The van der Waals surface area contributed by atoms with Crippen LogP contribution in [0, 0.1) is 12.8 Å². The highest BCUT2D eigenvalue weighted by molar-refractivity contribution is 7.89. The third-order valence-electron chi connectivity index (χ3n) is 2.59. The summed E-state index contributed by atoms with van der Waals surface area (Å²) in [6.07, 6.45) is 2.29. The fraction of sp³-hybridized carbons (Fsp3) is 0.700. The molecule has 98 valence electrons. The molecule has 1 aromatic heterocycles. The molecule has 1 atom stereocenters. The maximum atomic E-state index is 11.9. The van der Waals surface area contributed by atoms with Gasteiger partial charge in [-0.25, -0.2) is 18.1 Å². The lowest BCUT2D eigenvalue weighted by Gasteiger charge is -2.10. The van der Waals surface area contributed by atoms with Gasteiger partial charge in [-0.3, -0.25) is 0 Å². The van der Waals surface area contributed by atoms with E-state index in [9.17, 15) is 8.42 Å². The number of rotatable bonds is 6. The number of sulfonamides is 1. The fourth-order valence-electron chi connectivity index (χ4n) is 1.27. The Balaban J connectivity index is 2.69. The summed E-state index contributed by atoms with van der Waals surface area (Å²) in [5.74, 6) is 1.41. The molecule has 0 saturated carbocycles. The van der Waals surface area contributed by atoms with Crippen LogP contribution in [0.15, 0.2) is 11.2 Å². The Kier molecular flexibility index (Phi) is 4.97. The van der Waals surface area contributed by atoms with E-state index in [2.05, 4.69) is 9.71 Å². The second kappa shape index (κ2) is 5.84. The Morgan fingerprint density at radius 1 is 1.59 bits per heavy atom. The summed E-state index contributed by atoms with van der Waals surface area (Å²) in [4.78, 5) is 3.99. The zero-order valence-corrected chi connectivity index (χ0v) is 11.8. The number of alkyl halides is 1. The van der Waals surface area contributed by atoms with Crippen LogP contribution in [0.2, 0.25) is 0 Å². The zero-order valence-electron chi connectivity index (χ0n) is 10.3. The molecular formula is C10H18ClN3O2S. The highest BCUT2D eigenvalue weighted by Gasteiger charge is 2.18. The molecule has 1 heterocycles. The number of imidazole rings is 1. The number of hydrogen-bond donors (Lipinski definition) is 1.